The molecule has 0 aliphatic carbocycles. The van der Waals surface area contributed by atoms with Crippen molar-refractivity contribution in [2.75, 3.05) is 6.61 Å². The summed E-state index contributed by atoms with van der Waals surface area (Å²) >= 11 is 0. The molecule has 1 heterocycles. The van der Waals surface area contributed by atoms with Crippen LogP contribution in [0.4, 0.5) is 0 Å². The average Bonchev–Trinajstić information content (AvgIpc) is 2.86. The maximum Gasteiger partial charge on any atom is 0.119 e. The summed E-state index contributed by atoms with van der Waals surface area (Å²) in [5.74, 6) is 0.877. The Morgan fingerprint density at radius 2 is 1.72 bits per heavy atom. The van der Waals surface area contributed by atoms with Crippen LogP contribution < -0.4 is 4.74 Å². The first kappa shape index (κ1) is 17.1. The Kier molecular flexibility index (Phi) is 4.55. The van der Waals surface area contributed by atoms with Crippen molar-refractivity contribution in [3.8, 4) is 11.8 Å². The third-order valence-corrected chi connectivity index (χ3v) is 4.65. The molecule has 2 aromatic carbocycles. The highest BCUT2D eigenvalue weighted by molar-refractivity contribution is 5.88. The first-order valence-electron chi connectivity index (χ1n) is 8.63. The Balaban J connectivity index is 1.74. The fourth-order valence-corrected chi connectivity index (χ4v) is 3.17. The van der Waals surface area contributed by atoms with Crippen LogP contribution >= 0.6 is 0 Å². The van der Waals surface area contributed by atoms with Crippen LogP contribution in [0.5, 0.6) is 5.75 Å². The Labute approximate surface area is 149 Å². The van der Waals surface area contributed by atoms with Crippen molar-refractivity contribution in [3.63, 3.8) is 0 Å². The van der Waals surface area contributed by atoms with Gasteiger partial charge in [-0.15, -0.1) is 0 Å². The lowest BCUT2D eigenvalue weighted by atomic mass is 9.87. The van der Waals surface area contributed by atoms with Crippen LogP contribution in [-0.2, 0) is 12.0 Å². The molecule has 0 aliphatic rings. The number of ether oxygens (including phenoxy) is 1. The highest BCUT2D eigenvalue weighted by Crippen LogP contribution is 2.26. The van der Waals surface area contributed by atoms with Crippen molar-refractivity contribution >= 4 is 10.9 Å². The van der Waals surface area contributed by atoms with E-state index < -0.39 is 0 Å². The van der Waals surface area contributed by atoms with Gasteiger partial charge in [0.05, 0.1) is 12.1 Å². The Hall–Kier alpha value is -2.73. The third-order valence-electron chi connectivity index (χ3n) is 4.65. The molecule has 128 valence electrons. The summed E-state index contributed by atoms with van der Waals surface area (Å²) in [6, 6.07) is 18.7. The van der Waals surface area contributed by atoms with Crippen molar-refractivity contribution in [1.29, 1.82) is 5.26 Å². The van der Waals surface area contributed by atoms with Crippen LogP contribution in [0.1, 0.15) is 37.6 Å². The summed E-state index contributed by atoms with van der Waals surface area (Å²) in [5, 5.41) is 10.4. The second-order valence-electron chi connectivity index (χ2n) is 7.36. The van der Waals surface area contributed by atoms with E-state index in [9.17, 15) is 5.26 Å². The molecule has 0 spiro atoms. The van der Waals surface area contributed by atoms with Crippen LogP contribution in [0, 0.1) is 18.3 Å². The van der Waals surface area contributed by atoms with E-state index in [1.165, 1.54) is 5.56 Å². The first-order chi connectivity index (χ1) is 11.9. The lowest BCUT2D eigenvalue weighted by molar-refractivity contribution is 0.299. The van der Waals surface area contributed by atoms with Crippen molar-refractivity contribution in [1.82, 2.24) is 4.57 Å². The number of fused-ring (bicyclic) bond motifs is 1. The van der Waals surface area contributed by atoms with E-state index in [-0.39, 0.29) is 5.41 Å². The molecule has 0 amide bonds. The lowest BCUT2D eigenvalue weighted by Gasteiger charge is -2.19. The van der Waals surface area contributed by atoms with Crippen LogP contribution in [0.25, 0.3) is 10.9 Å². The average molecular weight is 332 g/mol. The second kappa shape index (κ2) is 6.64. The third kappa shape index (κ3) is 3.39. The molecule has 3 aromatic rings. The van der Waals surface area contributed by atoms with Crippen molar-refractivity contribution in [2.24, 2.45) is 0 Å². The fraction of sp³-hybridized carbons (Fsp3) is 0.318. The standard InChI is InChI=1S/C22H24N2O/c1-16-20(15-23)19-7-5-6-8-21(19)24(16)13-14-25-18-11-9-17(10-12-18)22(2,3)4/h5-12H,13-14H2,1-4H3. The van der Waals surface area contributed by atoms with Crippen LogP contribution in [-0.4, -0.2) is 11.2 Å². The zero-order valence-electron chi connectivity index (χ0n) is 15.3. The first-order valence-corrected chi connectivity index (χ1v) is 8.63. The Morgan fingerprint density at radius 1 is 1.04 bits per heavy atom. The highest BCUT2D eigenvalue weighted by atomic mass is 16.5. The van der Waals surface area contributed by atoms with Crippen molar-refractivity contribution in [3.05, 3.63) is 65.4 Å². The Bertz CT molecular complexity index is 922. The van der Waals surface area contributed by atoms with E-state index in [0.29, 0.717) is 6.61 Å². The summed E-state index contributed by atoms with van der Waals surface area (Å²) in [6.45, 7) is 9.89. The van der Waals surface area contributed by atoms with Crippen molar-refractivity contribution in [2.45, 2.75) is 39.7 Å². The second-order valence-corrected chi connectivity index (χ2v) is 7.36. The van der Waals surface area contributed by atoms with E-state index in [4.69, 9.17) is 4.74 Å². The van der Waals surface area contributed by atoms with Gasteiger partial charge in [0.15, 0.2) is 0 Å². The molecular formula is C22H24N2O. The number of benzene rings is 2. The van der Waals surface area contributed by atoms with Crippen LogP contribution in [0.3, 0.4) is 0 Å². The summed E-state index contributed by atoms with van der Waals surface area (Å²) in [6.07, 6.45) is 0. The molecule has 0 saturated carbocycles. The van der Waals surface area contributed by atoms with Gasteiger partial charge in [0, 0.05) is 16.6 Å². The van der Waals surface area contributed by atoms with Gasteiger partial charge < -0.3 is 9.30 Å². The maximum absolute atomic E-state index is 9.43. The Morgan fingerprint density at radius 3 is 2.36 bits per heavy atom. The predicted molar refractivity (Wildman–Crippen MR) is 102 cm³/mol. The molecule has 0 aliphatic heterocycles. The topological polar surface area (TPSA) is 38.0 Å². The fourth-order valence-electron chi connectivity index (χ4n) is 3.17. The molecule has 3 rings (SSSR count). The van der Waals surface area contributed by atoms with E-state index >= 15 is 0 Å². The normalized spacial score (nSPS) is 11.5. The summed E-state index contributed by atoms with van der Waals surface area (Å²) in [5.41, 5.74) is 4.28. The van der Waals surface area contributed by atoms with Gasteiger partial charge in [-0.2, -0.15) is 5.26 Å². The largest absolute Gasteiger partial charge is 0.492 e. The summed E-state index contributed by atoms with van der Waals surface area (Å²) < 4.78 is 8.08. The number of hydrogen-bond donors (Lipinski definition) is 0. The van der Waals surface area contributed by atoms with Gasteiger partial charge in [-0.25, -0.2) is 0 Å². The van der Waals surface area contributed by atoms with E-state index in [0.717, 1.165) is 34.5 Å². The monoisotopic (exact) mass is 332 g/mol. The highest BCUT2D eigenvalue weighted by Gasteiger charge is 2.14. The number of rotatable bonds is 4. The summed E-state index contributed by atoms with van der Waals surface area (Å²) in [7, 11) is 0. The molecule has 3 nitrogen and oxygen atoms in total. The minimum atomic E-state index is 0.146. The van der Waals surface area contributed by atoms with Crippen LogP contribution in [0.2, 0.25) is 0 Å². The van der Waals surface area contributed by atoms with Gasteiger partial charge in [-0.1, -0.05) is 51.1 Å². The minimum absolute atomic E-state index is 0.146. The predicted octanol–water partition coefficient (Wildman–Crippen LogP) is 5.20. The maximum atomic E-state index is 9.43. The quantitative estimate of drug-likeness (QED) is 0.659. The zero-order valence-corrected chi connectivity index (χ0v) is 15.3. The molecule has 0 N–H and O–H groups in total. The molecule has 3 heteroatoms. The van der Waals surface area contributed by atoms with Gasteiger partial charge in [0.25, 0.3) is 0 Å². The van der Waals surface area contributed by atoms with Gasteiger partial charge in [0.1, 0.15) is 18.4 Å². The van der Waals surface area contributed by atoms with Gasteiger partial charge in [0.2, 0.25) is 0 Å². The van der Waals surface area contributed by atoms with E-state index in [1.807, 2.05) is 37.3 Å². The number of nitriles is 1. The van der Waals surface area contributed by atoms with Crippen LogP contribution in [0.15, 0.2) is 48.5 Å². The molecule has 0 bridgehead atoms. The van der Waals surface area contributed by atoms with Crippen molar-refractivity contribution < 1.29 is 4.74 Å². The zero-order chi connectivity index (χ0) is 18.0. The molecule has 1 aromatic heterocycles. The number of hydrogen-bond acceptors (Lipinski definition) is 2. The number of para-hydroxylation sites is 1. The van der Waals surface area contributed by atoms with Gasteiger partial charge in [-0.05, 0) is 36.1 Å². The number of aromatic nitrogens is 1. The molecule has 0 fully saturated rings. The molecule has 0 radical (unpaired) electrons. The molecular weight excluding hydrogens is 308 g/mol. The minimum Gasteiger partial charge on any atom is -0.492 e. The van der Waals surface area contributed by atoms with Gasteiger partial charge in [-0.3, -0.25) is 0 Å². The summed E-state index contributed by atoms with van der Waals surface area (Å²) in [4.78, 5) is 0. The molecule has 0 unspecified atom stereocenters. The smallest absolute Gasteiger partial charge is 0.119 e. The molecule has 0 atom stereocenters. The SMILES string of the molecule is Cc1c(C#N)c2ccccc2n1CCOc1ccc(C(C)(C)C)cc1. The van der Waals surface area contributed by atoms with Gasteiger partial charge >= 0.3 is 0 Å². The van der Waals surface area contributed by atoms with E-state index in [1.54, 1.807) is 0 Å². The van der Waals surface area contributed by atoms with E-state index in [2.05, 4.69) is 49.6 Å². The number of nitrogens with zero attached hydrogens (tertiary/aromatic N) is 2. The molecule has 0 saturated heterocycles. The lowest BCUT2D eigenvalue weighted by Crippen LogP contribution is -2.11. The molecule has 25 heavy (non-hydrogen) atoms.